The zero-order valence-electron chi connectivity index (χ0n) is 16.0. The van der Waals surface area contributed by atoms with Crippen molar-refractivity contribution in [1.29, 1.82) is 0 Å². The molecule has 0 atom stereocenters. The number of H-pyrrole nitrogens is 3. The van der Waals surface area contributed by atoms with Crippen molar-refractivity contribution in [2.24, 2.45) is 0 Å². The van der Waals surface area contributed by atoms with Gasteiger partial charge in [-0.3, -0.25) is 0 Å². The van der Waals surface area contributed by atoms with Gasteiger partial charge in [0.05, 0.1) is 0 Å². The van der Waals surface area contributed by atoms with Crippen LogP contribution in [0.15, 0.2) is 85.2 Å². The fraction of sp³-hybridized carbons (Fsp3) is 0.0769. The highest BCUT2D eigenvalue weighted by Gasteiger charge is 2.15. The zero-order valence-corrected chi connectivity index (χ0v) is 16.0. The Labute approximate surface area is 168 Å². The second-order valence-electron chi connectivity index (χ2n) is 7.70. The van der Waals surface area contributed by atoms with Crippen molar-refractivity contribution < 1.29 is 0 Å². The molecule has 0 aliphatic carbocycles. The maximum absolute atomic E-state index is 3.70. The van der Waals surface area contributed by atoms with E-state index in [0.717, 1.165) is 12.8 Å². The molecule has 3 heteroatoms. The van der Waals surface area contributed by atoms with Crippen molar-refractivity contribution in [3.05, 3.63) is 108 Å². The molecule has 3 N–H and O–H groups in total. The maximum Gasteiger partial charge on any atom is 0.0459 e. The smallest absolute Gasteiger partial charge is 0.0459 e. The summed E-state index contributed by atoms with van der Waals surface area (Å²) in [6.07, 6.45) is 6.09. The number of aromatic amines is 3. The maximum atomic E-state index is 3.70. The minimum Gasteiger partial charge on any atom is -0.361 e. The van der Waals surface area contributed by atoms with Crippen molar-refractivity contribution in [3.63, 3.8) is 0 Å². The highest BCUT2D eigenvalue weighted by atomic mass is 14.7. The lowest BCUT2D eigenvalue weighted by molar-refractivity contribution is 1.07. The number of para-hydroxylation sites is 3. The van der Waals surface area contributed by atoms with Gasteiger partial charge in [0.25, 0.3) is 0 Å². The van der Waals surface area contributed by atoms with E-state index in [1.807, 2.05) is 0 Å². The average Bonchev–Trinajstić information content (AvgIpc) is 3.46. The third-order valence-corrected chi connectivity index (χ3v) is 5.99. The molecule has 3 nitrogen and oxygen atoms in total. The minimum absolute atomic E-state index is 0.885. The Morgan fingerprint density at radius 1 is 0.517 bits per heavy atom. The van der Waals surface area contributed by atoms with E-state index >= 15 is 0 Å². The molecule has 3 aromatic carbocycles. The van der Waals surface area contributed by atoms with Crippen LogP contribution in [0.25, 0.3) is 32.7 Å². The molecule has 0 fully saturated rings. The molecule has 0 saturated heterocycles. The molecule has 0 unspecified atom stereocenters. The van der Waals surface area contributed by atoms with E-state index in [9.17, 15) is 0 Å². The van der Waals surface area contributed by atoms with E-state index in [0.29, 0.717) is 0 Å². The van der Waals surface area contributed by atoms with E-state index < -0.39 is 0 Å². The molecule has 0 bridgehead atoms. The number of nitrogens with one attached hydrogen (secondary N) is 3. The van der Waals surface area contributed by atoms with Gasteiger partial charge in [-0.25, -0.2) is 0 Å². The van der Waals surface area contributed by atoms with E-state index in [-0.39, 0.29) is 0 Å². The summed E-state index contributed by atoms with van der Waals surface area (Å²) in [5.41, 5.74) is 8.93. The predicted octanol–water partition coefficient (Wildman–Crippen LogP) is 6.31. The minimum atomic E-state index is 0.885. The first-order valence-electron chi connectivity index (χ1n) is 10.1. The molecular weight excluding hydrogens is 354 g/mol. The first-order valence-corrected chi connectivity index (χ1v) is 10.1. The van der Waals surface area contributed by atoms with Gasteiger partial charge >= 0.3 is 0 Å². The van der Waals surface area contributed by atoms with Crippen molar-refractivity contribution >= 4 is 32.7 Å². The van der Waals surface area contributed by atoms with Crippen LogP contribution in [0.3, 0.4) is 0 Å². The number of benzene rings is 3. The van der Waals surface area contributed by atoms with Gasteiger partial charge in [0.1, 0.15) is 0 Å². The topological polar surface area (TPSA) is 47.4 Å². The van der Waals surface area contributed by atoms with Crippen LogP contribution in [0.2, 0.25) is 0 Å². The van der Waals surface area contributed by atoms with Crippen LogP contribution in [-0.4, -0.2) is 15.0 Å². The Bertz CT molecular complexity index is 1460. The summed E-state index contributed by atoms with van der Waals surface area (Å²) in [6, 6.07) is 25.7. The fourth-order valence-corrected chi connectivity index (χ4v) is 4.55. The van der Waals surface area contributed by atoms with Crippen LogP contribution in [0.1, 0.15) is 22.4 Å². The molecule has 0 amide bonds. The van der Waals surface area contributed by atoms with Gasteiger partial charge in [0.15, 0.2) is 0 Å². The van der Waals surface area contributed by atoms with Gasteiger partial charge in [0, 0.05) is 63.6 Å². The number of aromatic nitrogens is 3. The molecular formula is C26H21N3. The monoisotopic (exact) mass is 375 g/mol. The number of hydrogen-bond donors (Lipinski definition) is 3. The fourth-order valence-electron chi connectivity index (χ4n) is 4.55. The van der Waals surface area contributed by atoms with Crippen LogP contribution in [0.4, 0.5) is 0 Å². The highest BCUT2D eigenvalue weighted by Crippen LogP contribution is 2.30. The summed E-state index contributed by atoms with van der Waals surface area (Å²) in [5, 5.41) is 3.91. The number of hydrogen-bond acceptors (Lipinski definition) is 0. The molecule has 140 valence electrons. The van der Waals surface area contributed by atoms with E-state index in [1.54, 1.807) is 0 Å². The third-order valence-electron chi connectivity index (χ3n) is 5.99. The summed E-state index contributed by atoms with van der Waals surface area (Å²) in [6.45, 7) is 0. The first kappa shape index (κ1) is 16.3. The molecule has 0 aliphatic rings. The summed E-state index contributed by atoms with van der Waals surface area (Å²) in [5.74, 6) is 0. The van der Waals surface area contributed by atoms with Crippen molar-refractivity contribution in [2.45, 2.75) is 12.8 Å². The summed E-state index contributed by atoms with van der Waals surface area (Å²) < 4.78 is 0. The Hall–Kier alpha value is -3.72. The molecule has 6 rings (SSSR count). The molecule has 0 saturated carbocycles. The van der Waals surface area contributed by atoms with E-state index in [1.165, 1.54) is 55.1 Å². The van der Waals surface area contributed by atoms with Crippen LogP contribution < -0.4 is 0 Å². The van der Waals surface area contributed by atoms with Crippen LogP contribution in [0, 0.1) is 0 Å². The van der Waals surface area contributed by atoms with E-state index in [2.05, 4.69) is 100 Å². The molecule has 0 spiro atoms. The second-order valence-corrected chi connectivity index (χ2v) is 7.70. The van der Waals surface area contributed by atoms with Crippen LogP contribution in [-0.2, 0) is 12.8 Å². The quantitative estimate of drug-likeness (QED) is 0.323. The molecule has 3 heterocycles. The largest absolute Gasteiger partial charge is 0.361 e. The van der Waals surface area contributed by atoms with Crippen molar-refractivity contribution in [1.82, 2.24) is 15.0 Å². The summed E-state index contributed by atoms with van der Waals surface area (Å²) >= 11 is 0. The third kappa shape index (κ3) is 2.66. The van der Waals surface area contributed by atoms with Gasteiger partial charge in [-0.1, -0.05) is 54.6 Å². The van der Waals surface area contributed by atoms with Gasteiger partial charge < -0.3 is 15.0 Å². The van der Waals surface area contributed by atoms with E-state index in [4.69, 9.17) is 0 Å². The van der Waals surface area contributed by atoms with Gasteiger partial charge in [-0.2, -0.15) is 0 Å². The molecule has 0 radical (unpaired) electrons. The number of fused-ring (bicyclic) bond motifs is 3. The lowest BCUT2D eigenvalue weighted by Gasteiger charge is -2.05. The lowest BCUT2D eigenvalue weighted by Crippen LogP contribution is -1.95. The lowest BCUT2D eigenvalue weighted by atomic mass is 9.98. The van der Waals surface area contributed by atoms with Gasteiger partial charge in [-0.15, -0.1) is 0 Å². The Morgan fingerprint density at radius 3 is 1.69 bits per heavy atom. The molecule has 29 heavy (non-hydrogen) atoms. The predicted molar refractivity (Wildman–Crippen MR) is 121 cm³/mol. The Kier molecular flexibility index (Phi) is 3.60. The van der Waals surface area contributed by atoms with Gasteiger partial charge in [0.2, 0.25) is 0 Å². The first-order chi connectivity index (χ1) is 14.4. The summed E-state index contributed by atoms with van der Waals surface area (Å²) in [4.78, 5) is 10.5. The highest BCUT2D eigenvalue weighted by molar-refractivity contribution is 5.89. The molecule has 0 aliphatic heterocycles. The van der Waals surface area contributed by atoms with Crippen LogP contribution >= 0.6 is 0 Å². The standard InChI is InChI=1S/C26H21N3/c1-4-10-23-19(7-1)17(15-27-23)13-22-21-9-3-6-12-25(21)29-26(22)14-18-16-28-24-11-5-2-8-20(18)24/h1-12,15-16,27-29H,13-14H2. The van der Waals surface area contributed by atoms with Crippen molar-refractivity contribution in [3.8, 4) is 0 Å². The van der Waals surface area contributed by atoms with Crippen molar-refractivity contribution in [2.75, 3.05) is 0 Å². The Balaban J connectivity index is 1.48. The second kappa shape index (κ2) is 6.42. The van der Waals surface area contributed by atoms with Gasteiger partial charge in [-0.05, 0) is 34.9 Å². The SMILES string of the molecule is c1ccc2c(Cc3[nH]c4ccccc4c3Cc3c[nH]c4ccccc34)c[nH]c2c1. The molecule has 6 aromatic rings. The number of rotatable bonds is 4. The summed E-state index contributed by atoms with van der Waals surface area (Å²) in [7, 11) is 0. The Morgan fingerprint density at radius 2 is 1.03 bits per heavy atom. The van der Waals surface area contributed by atoms with Crippen LogP contribution in [0.5, 0.6) is 0 Å². The zero-order chi connectivity index (χ0) is 19.2. The average molecular weight is 375 g/mol. The molecule has 3 aromatic heterocycles. The normalized spacial score (nSPS) is 11.7.